The van der Waals surface area contributed by atoms with Crippen LogP contribution in [0.2, 0.25) is 5.02 Å². The van der Waals surface area contributed by atoms with E-state index < -0.39 is 0 Å². The average Bonchev–Trinajstić information content (AvgIpc) is 2.34. The Bertz CT molecular complexity index is 348. The third-order valence-electron chi connectivity index (χ3n) is 3.21. The topological polar surface area (TPSA) is 18.5 Å². The summed E-state index contributed by atoms with van der Waals surface area (Å²) < 4.78 is 0. The Balaban J connectivity index is 1.71. The summed E-state index contributed by atoms with van der Waals surface area (Å²) in [6, 6.07) is 7.89. The van der Waals surface area contributed by atoms with Gasteiger partial charge in [0, 0.05) is 39.3 Å². The van der Waals surface area contributed by atoms with Gasteiger partial charge < -0.3 is 10.2 Å². The van der Waals surface area contributed by atoms with Crippen molar-refractivity contribution in [3.63, 3.8) is 0 Å². The van der Waals surface area contributed by atoms with Crippen molar-refractivity contribution in [1.82, 2.24) is 9.80 Å². The number of nitrogens with one attached hydrogen (secondary N) is 1. The van der Waals surface area contributed by atoms with Crippen LogP contribution in [0.1, 0.15) is 0 Å². The van der Waals surface area contributed by atoms with Crippen LogP contribution < -0.4 is 5.32 Å². The van der Waals surface area contributed by atoms with E-state index in [2.05, 4.69) is 22.2 Å². The van der Waals surface area contributed by atoms with Crippen LogP contribution in [0.4, 0.5) is 5.69 Å². The van der Waals surface area contributed by atoms with Crippen molar-refractivity contribution in [2.75, 3.05) is 51.6 Å². The van der Waals surface area contributed by atoms with Crippen LogP contribution >= 0.6 is 11.6 Å². The zero-order chi connectivity index (χ0) is 12.1. The molecule has 2 rings (SSSR count). The van der Waals surface area contributed by atoms with Crippen LogP contribution in [-0.2, 0) is 0 Å². The summed E-state index contributed by atoms with van der Waals surface area (Å²) in [5.41, 5.74) is 1.03. The van der Waals surface area contributed by atoms with Crippen molar-refractivity contribution in [2.24, 2.45) is 0 Å². The minimum absolute atomic E-state index is 0.797. The van der Waals surface area contributed by atoms with Gasteiger partial charge in [-0.25, -0.2) is 0 Å². The highest BCUT2D eigenvalue weighted by atomic mass is 35.5. The lowest BCUT2D eigenvalue weighted by molar-refractivity contribution is 0.158. The summed E-state index contributed by atoms with van der Waals surface area (Å²) in [5, 5.41) is 4.18. The molecular weight excluding hydrogens is 234 g/mol. The number of rotatable bonds is 4. The van der Waals surface area contributed by atoms with Gasteiger partial charge in [-0.15, -0.1) is 0 Å². The van der Waals surface area contributed by atoms with E-state index in [0.29, 0.717) is 0 Å². The van der Waals surface area contributed by atoms with Gasteiger partial charge >= 0.3 is 0 Å². The lowest BCUT2D eigenvalue weighted by Gasteiger charge is -2.32. The minimum Gasteiger partial charge on any atom is -0.383 e. The largest absolute Gasteiger partial charge is 0.383 e. The van der Waals surface area contributed by atoms with Crippen LogP contribution in [0.15, 0.2) is 24.3 Å². The summed E-state index contributed by atoms with van der Waals surface area (Å²) in [5.74, 6) is 0. The fourth-order valence-electron chi connectivity index (χ4n) is 2.02. The Kier molecular flexibility index (Phi) is 4.66. The molecule has 1 fully saturated rings. The van der Waals surface area contributed by atoms with E-state index >= 15 is 0 Å². The molecule has 17 heavy (non-hydrogen) atoms. The van der Waals surface area contributed by atoms with Gasteiger partial charge in [-0.3, -0.25) is 4.90 Å². The standard InChI is InChI=1S/C13H20ClN3/c1-16-8-10-17(11-9-16)7-6-15-13-5-3-2-4-12(13)14/h2-5,15H,6-11H2,1H3. The molecule has 0 unspecified atom stereocenters. The zero-order valence-electron chi connectivity index (χ0n) is 10.3. The second-order valence-electron chi connectivity index (χ2n) is 4.55. The summed E-state index contributed by atoms with van der Waals surface area (Å²) in [4.78, 5) is 4.86. The van der Waals surface area contributed by atoms with E-state index in [9.17, 15) is 0 Å². The van der Waals surface area contributed by atoms with Gasteiger partial charge in [-0.1, -0.05) is 23.7 Å². The quantitative estimate of drug-likeness (QED) is 0.886. The zero-order valence-corrected chi connectivity index (χ0v) is 11.1. The molecule has 4 heteroatoms. The molecule has 0 radical (unpaired) electrons. The molecule has 0 amide bonds. The van der Waals surface area contributed by atoms with Gasteiger partial charge in [0.1, 0.15) is 0 Å². The SMILES string of the molecule is CN1CCN(CCNc2ccccc2Cl)CC1. The number of halogens is 1. The first-order valence-corrected chi connectivity index (χ1v) is 6.53. The van der Waals surface area contributed by atoms with Gasteiger partial charge in [0.05, 0.1) is 10.7 Å². The molecule has 1 aromatic rings. The van der Waals surface area contributed by atoms with E-state index in [4.69, 9.17) is 11.6 Å². The molecule has 0 spiro atoms. The van der Waals surface area contributed by atoms with Crippen molar-refractivity contribution in [3.8, 4) is 0 Å². The number of benzene rings is 1. The van der Waals surface area contributed by atoms with Crippen molar-refractivity contribution in [3.05, 3.63) is 29.3 Å². The van der Waals surface area contributed by atoms with Crippen LogP contribution in [0.5, 0.6) is 0 Å². The number of nitrogens with zero attached hydrogens (tertiary/aromatic N) is 2. The van der Waals surface area contributed by atoms with Crippen LogP contribution in [-0.4, -0.2) is 56.1 Å². The molecule has 0 atom stereocenters. The first-order chi connectivity index (χ1) is 8.25. The number of hydrogen-bond acceptors (Lipinski definition) is 3. The highest BCUT2D eigenvalue weighted by Gasteiger charge is 2.12. The van der Waals surface area contributed by atoms with Gasteiger partial charge in [-0.05, 0) is 19.2 Å². The number of hydrogen-bond donors (Lipinski definition) is 1. The maximum Gasteiger partial charge on any atom is 0.0637 e. The first kappa shape index (κ1) is 12.7. The second kappa shape index (κ2) is 6.24. The Morgan fingerprint density at radius 1 is 1.18 bits per heavy atom. The molecule has 1 heterocycles. The Hall–Kier alpha value is -0.770. The molecule has 94 valence electrons. The summed E-state index contributed by atoms with van der Waals surface area (Å²) in [7, 11) is 2.18. The molecule has 1 saturated heterocycles. The van der Waals surface area contributed by atoms with E-state index in [-0.39, 0.29) is 0 Å². The van der Waals surface area contributed by atoms with Crippen molar-refractivity contribution in [1.29, 1.82) is 0 Å². The van der Waals surface area contributed by atoms with Gasteiger partial charge in [0.15, 0.2) is 0 Å². The average molecular weight is 254 g/mol. The Morgan fingerprint density at radius 2 is 1.88 bits per heavy atom. The van der Waals surface area contributed by atoms with E-state index in [0.717, 1.165) is 23.8 Å². The number of anilines is 1. The summed E-state index contributed by atoms with van der Waals surface area (Å²) >= 11 is 6.08. The lowest BCUT2D eigenvalue weighted by atomic mass is 10.3. The molecule has 0 aliphatic carbocycles. The summed E-state index contributed by atoms with van der Waals surface area (Å²) in [6.07, 6.45) is 0. The predicted molar refractivity (Wildman–Crippen MR) is 73.9 cm³/mol. The van der Waals surface area contributed by atoms with E-state index in [1.165, 1.54) is 26.2 Å². The third kappa shape index (κ3) is 3.87. The van der Waals surface area contributed by atoms with Crippen LogP contribution in [0.25, 0.3) is 0 Å². The molecular formula is C13H20ClN3. The Morgan fingerprint density at radius 3 is 2.59 bits per heavy atom. The second-order valence-corrected chi connectivity index (χ2v) is 4.96. The maximum absolute atomic E-state index is 6.08. The number of likely N-dealkylation sites (N-methyl/N-ethyl adjacent to an activating group) is 1. The molecule has 3 nitrogen and oxygen atoms in total. The molecule has 0 aromatic heterocycles. The molecule has 1 aliphatic rings. The molecule has 1 aliphatic heterocycles. The molecule has 1 N–H and O–H groups in total. The fourth-order valence-corrected chi connectivity index (χ4v) is 2.23. The van der Waals surface area contributed by atoms with Gasteiger partial charge in [-0.2, -0.15) is 0 Å². The van der Waals surface area contributed by atoms with Crippen molar-refractivity contribution >= 4 is 17.3 Å². The van der Waals surface area contributed by atoms with Crippen LogP contribution in [0, 0.1) is 0 Å². The molecule has 1 aromatic carbocycles. The number of para-hydroxylation sites is 1. The van der Waals surface area contributed by atoms with E-state index in [1.54, 1.807) is 0 Å². The number of piperazine rings is 1. The van der Waals surface area contributed by atoms with E-state index in [1.807, 2.05) is 24.3 Å². The monoisotopic (exact) mass is 253 g/mol. The summed E-state index contributed by atoms with van der Waals surface area (Å²) in [6.45, 7) is 6.71. The van der Waals surface area contributed by atoms with Crippen molar-refractivity contribution in [2.45, 2.75) is 0 Å². The molecule has 0 saturated carbocycles. The Labute approximate surface area is 108 Å². The third-order valence-corrected chi connectivity index (χ3v) is 3.54. The predicted octanol–water partition coefficient (Wildman–Crippen LogP) is 2.00. The van der Waals surface area contributed by atoms with Crippen molar-refractivity contribution < 1.29 is 0 Å². The van der Waals surface area contributed by atoms with Crippen LogP contribution in [0.3, 0.4) is 0 Å². The fraction of sp³-hybridized carbons (Fsp3) is 0.538. The van der Waals surface area contributed by atoms with Gasteiger partial charge in [0.25, 0.3) is 0 Å². The van der Waals surface area contributed by atoms with Gasteiger partial charge in [0.2, 0.25) is 0 Å². The minimum atomic E-state index is 0.797. The first-order valence-electron chi connectivity index (χ1n) is 6.15. The molecule has 0 bridgehead atoms. The highest BCUT2D eigenvalue weighted by molar-refractivity contribution is 6.33. The maximum atomic E-state index is 6.08. The highest BCUT2D eigenvalue weighted by Crippen LogP contribution is 2.19. The normalized spacial score (nSPS) is 18.2. The smallest absolute Gasteiger partial charge is 0.0637 e. The lowest BCUT2D eigenvalue weighted by Crippen LogP contribution is -2.45.